The van der Waals surface area contributed by atoms with Crippen LogP contribution in [0.3, 0.4) is 0 Å². The zero-order valence-corrected chi connectivity index (χ0v) is 15.3. The van der Waals surface area contributed by atoms with E-state index in [9.17, 15) is 24.5 Å². The van der Waals surface area contributed by atoms with Crippen LogP contribution >= 0.6 is 11.6 Å². The van der Waals surface area contributed by atoms with Crippen LogP contribution in [0.4, 0.5) is 5.69 Å². The number of carbonyl (C=O) groups is 3. The number of nitro benzene ring substituents is 1. The SMILES string of the molecule is COc1ccc(Cl)cc1COC(=O)CN1C(=O)c2ccc([N+](=O)[O-])cc2C1=O. The molecule has 144 valence electrons. The summed E-state index contributed by atoms with van der Waals surface area (Å²) in [7, 11) is 1.45. The highest BCUT2D eigenvalue weighted by molar-refractivity contribution is 6.30. The van der Waals surface area contributed by atoms with Gasteiger partial charge < -0.3 is 9.47 Å². The highest BCUT2D eigenvalue weighted by atomic mass is 35.5. The molecule has 0 saturated heterocycles. The molecule has 10 heteroatoms. The summed E-state index contributed by atoms with van der Waals surface area (Å²) < 4.78 is 10.3. The minimum atomic E-state index is -0.828. The van der Waals surface area contributed by atoms with Gasteiger partial charge >= 0.3 is 5.97 Å². The smallest absolute Gasteiger partial charge is 0.326 e. The monoisotopic (exact) mass is 404 g/mol. The predicted octanol–water partition coefficient (Wildman–Crippen LogP) is 2.60. The van der Waals surface area contributed by atoms with Crippen LogP contribution in [0, 0.1) is 10.1 Å². The molecular formula is C18H13ClN2O7. The lowest BCUT2D eigenvalue weighted by molar-refractivity contribution is -0.384. The van der Waals surface area contributed by atoms with Crippen LogP contribution in [-0.4, -0.2) is 41.3 Å². The lowest BCUT2D eigenvalue weighted by Crippen LogP contribution is -2.35. The Bertz CT molecular complexity index is 1010. The number of nitrogens with zero attached hydrogens (tertiary/aromatic N) is 2. The molecule has 9 nitrogen and oxygen atoms in total. The number of hydrogen-bond donors (Lipinski definition) is 0. The number of imide groups is 1. The first-order chi connectivity index (χ1) is 13.3. The van der Waals surface area contributed by atoms with Gasteiger partial charge in [-0.1, -0.05) is 11.6 Å². The molecule has 0 fully saturated rings. The van der Waals surface area contributed by atoms with Gasteiger partial charge in [-0.25, -0.2) is 0 Å². The van der Waals surface area contributed by atoms with E-state index < -0.39 is 29.3 Å². The topological polar surface area (TPSA) is 116 Å². The highest BCUT2D eigenvalue weighted by Gasteiger charge is 2.38. The normalized spacial score (nSPS) is 12.7. The molecule has 0 aromatic heterocycles. The maximum atomic E-state index is 12.4. The summed E-state index contributed by atoms with van der Waals surface area (Å²) in [5.41, 5.74) is 0.0714. The number of ether oxygens (including phenoxy) is 2. The molecule has 0 saturated carbocycles. The fourth-order valence-corrected chi connectivity index (χ4v) is 2.92. The van der Waals surface area contributed by atoms with Crippen molar-refractivity contribution in [2.45, 2.75) is 6.61 Å². The van der Waals surface area contributed by atoms with Gasteiger partial charge in [0.1, 0.15) is 18.9 Å². The minimum absolute atomic E-state index is 0.0000829. The average Bonchev–Trinajstić information content (AvgIpc) is 2.91. The molecule has 28 heavy (non-hydrogen) atoms. The maximum absolute atomic E-state index is 12.4. The quantitative estimate of drug-likeness (QED) is 0.314. The maximum Gasteiger partial charge on any atom is 0.326 e. The van der Waals surface area contributed by atoms with E-state index in [-0.39, 0.29) is 23.4 Å². The zero-order chi connectivity index (χ0) is 20.4. The number of carbonyl (C=O) groups excluding carboxylic acids is 3. The Kier molecular flexibility index (Phi) is 5.27. The Labute approximate surface area is 163 Å². The Hall–Kier alpha value is -3.46. The third kappa shape index (κ3) is 3.65. The van der Waals surface area contributed by atoms with Crippen LogP contribution in [-0.2, 0) is 16.1 Å². The Morgan fingerprint density at radius 1 is 1.14 bits per heavy atom. The van der Waals surface area contributed by atoms with Gasteiger partial charge in [0.2, 0.25) is 0 Å². The van der Waals surface area contributed by atoms with Gasteiger partial charge in [-0.3, -0.25) is 29.4 Å². The van der Waals surface area contributed by atoms with E-state index in [1.54, 1.807) is 18.2 Å². The van der Waals surface area contributed by atoms with Crippen molar-refractivity contribution in [3.05, 3.63) is 68.2 Å². The number of rotatable bonds is 6. The molecule has 0 N–H and O–H groups in total. The van der Waals surface area contributed by atoms with Gasteiger partial charge in [-0.15, -0.1) is 0 Å². The van der Waals surface area contributed by atoms with E-state index in [2.05, 4.69) is 0 Å². The molecule has 1 heterocycles. The van der Waals surface area contributed by atoms with Gasteiger partial charge in [0, 0.05) is 22.7 Å². The van der Waals surface area contributed by atoms with E-state index in [0.717, 1.165) is 12.1 Å². The number of hydrogen-bond acceptors (Lipinski definition) is 7. The van der Waals surface area contributed by atoms with Crippen LogP contribution in [0.25, 0.3) is 0 Å². The zero-order valence-electron chi connectivity index (χ0n) is 14.5. The summed E-state index contributed by atoms with van der Waals surface area (Å²) in [6.45, 7) is -0.791. The summed E-state index contributed by atoms with van der Waals surface area (Å²) in [5, 5.41) is 11.3. The number of non-ortho nitro benzene ring substituents is 1. The van der Waals surface area contributed by atoms with Crippen LogP contribution in [0.15, 0.2) is 36.4 Å². The lowest BCUT2D eigenvalue weighted by atomic mass is 10.1. The standard InChI is InChI=1S/C18H13ClN2O7/c1-27-15-5-2-11(19)6-10(15)9-28-16(22)8-20-17(23)13-4-3-12(21(25)26)7-14(13)18(20)24/h2-7H,8-9H2,1H3. The van der Waals surface area contributed by atoms with Gasteiger partial charge in [0.25, 0.3) is 17.5 Å². The van der Waals surface area contributed by atoms with Gasteiger partial charge in [0.05, 0.1) is 23.2 Å². The first-order valence-corrected chi connectivity index (χ1v) is 8.32. The van der Waals surface area contributed by atoms with Crippen molar-refractivity contribution in [3.63, 3.8) is 0 Å². The van der Waals surface area contributed by atoms with Crippen molar-refractivity contribution >= 4 is 35.1 Å². The first-order valence-electron chi connectivity index (χ1n) is 7.94. The number of halogens is 1. The fraction of sp³-hybridized carbons (Fsp3) is 0.167. The third-order valence-electron chi connectivity index (χ3n) is 4.08. The van der Waals surface area contributed by atoms with E-state index >= 15 is 0 Å². The van der Waals surface area contributed by atoms with Crippen LogP contribution < -0.4 is 4.74 Å². The highest BCUT2D eigenvalue weighted by Crippen LogP contribution is 2.27. The van der Waals surface area contributed by atoms with Crippen molar-refractivity contribution in [3.8, 4) is 5.75 Å². The van der Waals surface area contributed by atoms with Crippen LogP contribution in [0.1, 0.15) is 26.3 Å². The molecule has 2 aromatic carbocycles. The Balaban J connectivity index is 1.69. The molecule has 0 aliphatic carbocycles. The predicted molar refractivity (Wildman–Crippen MR) is 96.3 cm³/mol. The molecular weight excluding hydrogens is 392 g/mol. The van der Waals surface area contributed by atoms with Crippen molar-refractivity contribution < 1.29 is 28.8 Å². The molecule has 0 atom stereocenters. The molecule has 1 aliphatic rings. The number of amides is 2. The Morgan fingerprint density at radius 3 is 2.54 bits per heavy atom. The minimum Gasteiger partial charge on any atom is -0.496 e. The fourth-order valence-electron chi connectivity index (χ4n) is 2.73. The largest absolute Gasteiger partial charge is 0.496 e. The summed E-state index contributed by atoms with van der Waals surface area (Å²) in [6, 6.07) is 8.12. The van der Waals surface area contributed by atoms with E-state index in [1.807, 2.05) is 0 Å². The van der Waals surface area contributed by atoms with Gasteiger partial charge in [-0.2, -0.15) is 0 Å². The second-order valence-corrected chi connectivity index (χ2v) is 6.24. The van der Waals surface area contributed by atoms with Crippen LogP contribution in [0.5, 0.6) is 5.75 Å². The van der Waals surface area contributed by atoms with Crippen molar-refractivity contribution in [2.75, 3.05) is 13.7 Å². The molecule has 2 aromatic rings. The number of fused-ring (bicyclic) bond motifs is 1. The lowest BCUT2D eigenvalue weighted by Gasteiger charge is -2.14. The molecule has 0 radical (unpaired) electrons. The summed E-state index contributed by atoms with van der Waals surface area (Å²) in [5.74, 6) is -1.87. The number of benzene rings is 2. The molecule has 0 unspecified atom stereocenters. The molecule has 0 spiro atoms. The number of nitro groups is 1. The molecule has 2 amide bonds. The van der Waals surface area contributed by atoms with Gasteiger partial charge in [-0.05, 0) is 24.3 Å². The second kappa shape index (κ2) is 7.65. The van der Waals surface area contributed by atoms with Gasteiger partial charge in [0.15, 0.2) is 0 Å². The van der Waals surface area contributed by atoms with E-state index in [1.165, 1.54) is 13.2 Å². The average molecular weight is 405 g/mol. The third-order valence-corrected chi connectivity index (χ3v) is 4.32. The van der Waals surface area contributed by atoms with E-state index in [0.29, 0.717) is 21.2 Å². The first kappa shape index (κ1) is 19.3. The summed E-state index contributed by atoms with van der Waals surface area (Å²) in [4.78, 5) is 47.7. The van der Waals surface area contributed by atoms with Crippen LogP contribution in [0.2, 0.25) is 5.02 Å². The molecule has 3 rings (SSSR count). The van der Waals surface area contributed by atoms with Crippen molar-refractivity contribution in [1.82, 2.24) is 4.90 Å². The summed E-state index contributed by atoms with van der Waals surface area (Å²) in [6.07, 6.45) is 0. The van der Waals surface area contributed by atoms with Crippen molar-refractivity contribution in [1.29, 1.82) is 0 Å². The van der Waals surface area contributed by atoms with Crippen molar-refractivity contribution in [2.24, 2.45) is 0 Å². The second-order valence-electron chi connectivity index (χ2n) is 5.80. The summed E-state index contributed by atoms with van der Waals surface area (Å²) >= 11 is 5.91. The number of methoxy groups -OCH3 is 1. The number of esters is 1. The Morgan fingerprint density at radius 2 is 1.86 bits per heavy atom. The molecule has 1 aliphatic heterocycles. The molecule has 0 bridgehead atoms. The van der Waals surface area contributed by atoms with E-state index in [4.69, 9.17) is 21.1 Å².